The molecule has 0 saturated carbocycles. The number of nitrogens with one attached hydrogen (secondary N) is 1. The summed E-state index contributed by atoms with van der Waals surface area (Å²) < 4.78 is 0. The SMILES string of the molecule is CCC(=O)NCCCCCCCCCCCP(O)CP(O)O. The highest BCUT2D eigenvalue weighted by atomic mass is 31.2. The van der Waals surface area contributed by atoms with Crippen LogP contribution in [0.5, 0.6) is 0 Å². The Hall–Kier alpha value is 0.210. The van der Waals surface area contributed by atoms with Crippen LogP contribution in [0.1, 0.15) is 71.1 Å². The van der Waals surface area contributed by atoms with E-state index in [2.05, 4.69) is 5.32 Å². The Kier molecular flexibility index (Phi) is 16.2. The topological polar surface area (TPSA) is 89.8 Å². The fourth-order valence-electron chi connectivity index (χ4n) is 2.23. The summed E-state index contributed by atoms with van der Waals surface area (Å²) in [6, 6.07) is 0. The first-order valence-electron chi connectivity index (χ1n) is 8.42. The highest BCUT2D eigenvalue weighted by molar-refractivity contribution is 7.66. The summed E-state index contributed by atoms with van der Waals surface area (Å²) in [5.41, 5.74) is 0. The lowest BCUT2D eigenvalue weighted by Crippen LogP contribution is -2.23. The van der Waals surface area contributed by atoms with Crippen molar-refractivity contribution in [3.8, 4) is 0 Å². The number of unbranched alkanes of at least 4 members (excludes halogenated alkanes) is 8. The maximum atomic E-state index is 11.0. The lowest BCUT2D eigenvalue weighted by molar-refractivity contribution is -0.120. The summed E-state index contributed by atoms with van der Waals surface area (Å²) in [5, 5.41) is 2.89. The number of amides is 1. The van der Waals surface area contributed by atoms with Crippen molar-refractivity contribution in [2.75, 3.05) is 18.6 Å². The summed E-state index contributed by atoms with van der Waals surface area (Å²) in [5.74, 6) is 0.324. The van der Waals surface area contributed by atoms with Crippen LogP contribution in [0, 0.1) is 0 Å². The summed E-state index contributed by atoms with van der Waals surface area (Å²) >= 11 is 0. The smallest absolute Gasteiger partial charge is 0.219 e. The van der Waals surface area contributed by atoms with E-state index in [1.54, 1.807) is 0 Å². The van der Waals surface area contributed by atoms with E-state index in [1.165, 1.54) is 38.5 Å². The molecule has 0 aromatic heterocycles. The van der Waals surface area contributed by atoms with Gasteiger partial charge in [0.15, 0.2) is 8.38 Å². The first-order chi connectivity index (χ1) is 10.6. The monoisotopic (exact) mass is 353 g/mol. The molecule has 0 aliphatic heterocycles. The minimum absolute atomic E-state index is 0.140. The van der Waals surface area contributed by atoms with E-state index < -0.39 is 16.5 Å². The molecule has 7 heteroatoms. The Morgan fingerprint density at radius 2 is 1.36 bits per heavy atom. The maximum Gasteiger partial charge on any atom is 0.219 e. The van der Waals surface area contributed by atoms with E-state index >= 15 is 0 Å². The van der Waals surface area contributed by atoms with Crippen molar-refractivity contribution in [1.29, 1.82) is 0 Å². The van der Waals surface area contributed by atoms with Crippen LogP contribution >= 0.6 is 16.5 Å². The van der Waals surface area contributed by atoms with Crippen molar-refractivity contribution >= 4 is 22.4 Å². The normalized spacial score (nSPS) is 12.6. The van der Waals surface area contributed by atoms with Crippen molar-refractivity contribution in [3.05, 3.63) is 0 Å². The molecule has 0 fully saturated rings. The Bertz CT molecular complexity index is 268. The average Bonchev–Trinajstić information content (AvgIpc) is 2.47. The number of carbonyl (C=O) groups excluding carboxylic acids is 1. The van der Waals surface area contributed by atoms with Crippen LogP contribution in [-0.4, -0.2) is 39.2 Å². The lowest BCUT2D eigenvalue weighted by Gasteiger charge is -2.10. The predicted octanol–water partition coefficient (Wildman–Crippen LogP) is 3.67. The van der Waals surface area contributed by atoms with E-state index in [-0.39, 0.29) is 11.8 Å². The van der Waals surface area contributed by atoms with Gasteiger partial charge in [0.25, 0.3) is 0 Å². The van der Waals surface area contributed by atoms with Crippen LogP contribution in [0.4, 0.5) is 0 Å². The Labute approximate surface area is 137 Å². The molecule has 0 rings (SSSR count). The Morgan fingerprint density at radius 1 is 0.864 bits per heavy atom. The van der Waals surface area contributed by atoms with Gasteiger partial charge in [0.1, 0.15) is 0 Å². The molecule has 0 aliphatic rings. The van der Waals surface area contributed by atoms with Crippen molar-refractivity contribution in [2.45, 2.75) is 71.1 Å². The fourth-order valence-corrected chi connectivity index (χ4v) is 4.55. The molecule has 5 nitrogen and oxygen atoms in total. The third-order valence-electron chi connectivity index (χ3n) is 3.53. The highest BCUT2D eigenvalue weighted by Gasteiger charge is 2.09. The van der Waals surface area contributed by atoms with Gasteiger partial charge in [-0.05, 0) is 19.0 Å². The molecule has 0 bridgehead atoms. The van der Waals surface area contributed by atoms with Crippen molar-refractivity contribution < 1.29 is 19.5 Å². The molecule has 0 radical (unpaired) electrons. The van der Waals surface area contributed by atoms with Gasteiger partial charge in [-0.3, -0.25) is 4.79 Å². The van der Waals surface area contributed by atoms with Crippen molar-refractivity contribution in [2.24, 2.45) is 0 Å². The molecule has 1 atom stereocenters. The molecule has 132 valence electrons. The second-order valence-corrected chi connectivity index (χ2v) is 8.97. The predicted molar refractivity (Wildman–Crippen MR) is 95.1 cm³/mol. The number of carbonyl (C=O) groups is 1. The van der Waals surface area contributed by atoms with Gasteiger partial charge in [0, 0.05) is 21.1 Å². The van der Waals surface area contributed by atoms with Crippen LogP contribution in [0.2, 0.25) is 0 Å². The molecule has 0 saturated heterocycles. The van der Waals surface area contributed by atoms with E-state index in [9.17, 15) is 9.69 Å². The van der Waals surface area contributed by atoms with Gasteiger partial charge in [0.2, 0.25) is 5.91 Å². The fraction of sp³-hybridized carbons (Fsp3) is 0.933. The lowest BCUT2D eigenvalue weighted by atomic mass is 10.1. The van der Waals surface area contributed by atoms with Gasteiger partial charge in [-0.2, -0.15) is 0 Å². The van der Waals surface area contributed by atoms with Crippen LogP contribution < -0.4 is 5.32 Å². The van der Waals surface area contributed by atoms with Crippen molar-refractivity contribution in [3.63, 3.8) is 0 Å². The zero-order valence-electron chi connectivity index (χ0n) is 13.8. The molecule has 1 amide bonds. The van der Waals surface area contributed by atoms with E-state index in [0.717, 1.165) is 32.0 Å². The van der Waals surface area contributed by atoms with E-state index in [1.807, 2.05) is 6.92 Å². The number of hydrogen-bond donors (Lipinski definition) is 4. The van der Waals surface area contributed by atoms with Gasteiger partial charge in [-0.15, -0.1) is 0 Å². The first-order valence-corrected chi connectivity index (χ1v) is 11.5. The maximum absolute atomic E-state index is 11.0. The summed E-state index contributed by atoms with van der Waals surface area (Å²) in [7, 11) is -3.09. The van der Waals surface area contributed by atoms with E-state index in [4.69, 9.17) is 9.79 Å². The standard InChI is InChI=1S/C15H33NO4P2/c1-2-15(17)16-12-10-8-6-4-3-5-7-9-11-13-21(18)14-22(19)20/h18-20H,2-14H2,1H3,(H,16,17). The molecular weight excluding hydrogens is 320 g/mol. The molecule has 1 unspecified atom stereocenters. The molecular formula is C15H33NO4P2. The third-order valence-corrected chi connectivity index (χ3v) is 6.68. The van der Waals surface area contributed by atoms with Crippen LogP contribution in [0.15, 0.2) is 0 Å². The van der Waals surface area contributed by atoms with Gasteiger partial charge in [0.05, 0.1) is 5.90 Å². The largest absolute Gasteiger partial charge is 0.373 e. The minimum atomic E-state index is -1.93. The Morgan fingerprint density at radius 3 is 1.86 bits per heavy atom. The molecule has 0 spiro atoms. The second kappa shape index (κ2) is 16.1. The summed E-state index contributed by atoms with van der Waals surface area (Å²) in [4.78, 5) is 38.2. The molecule has 0 aliphatic carbocycles. The quantitative estimate of drug-likeness (QED) is 0.267. The zero-order valence-corrected chi connectivity index (χ0v) is 15.6. The van der Waals surface area contributed by atoms with Gasteiger partial charge in [-0.25, -0.2) is 0 Å². The van der Waals surface area contributed by atoms with Gasteiger partial charge in [-0.1, -0.05) is 51.9 Å². The average molecular weight is 353 g/mol. The molecule has 0 aromatic carbocycles. The highest BCUT2D eigenvalue weighted by Crippen LogP contribution is 2.43. The zero-order chi connectivity index (χ0) is 16.6. The first kappa shape index (κ1) is 22.2. The number of rotatable bonds is 15. The third kappa shape index (κ3) is 16.6. The van der Waals surface area contributed by atoms with Crippen LogP contribution in [0.3, 0.4) is 0 Å². The van der Waals surface area contributed by atoms with Gasteiger partial charge < -0.3 is 20.0 Å². The number of hydrogen-bond acceptors (Lipinski definition) is 4. The van der Waals surface area contributed by atoms with Gasteiger partial charge >= 0.3 is 0 Å². The molecule has 0 heterocycles. The molecule has 4 N–H and O–H groups in total. The minimum Gasteiger partial charge on any atom is -0.373 e. The molecule has 0 aromatic rings. The van der Waals surface area contributed by atoms with Crippen LogP contribution in [-0.2, 0) is 4.79 Å². The summed E-state index contributed by atoms with van der Waals surface area (Å²) in [6.45, 7) is 2.68. The Balaban J connectivity index is 3.13. The molecule has 22 heavy (non-hydrogen) atoms. The van der Waals surface area contributed by atoms with Crippen LogP contribution in [0.25, 0.3) is 0 Å². The second-order valence-electron chi connectivity index (χ2n) is 5.63. The van der Waals surface area contributed by atoms with Crippen molar-refractivity contribution in [1.82, 2.24) is 5.32 Å². The van der Waals surface area contributed by atoms with E-state index in [0.29, 0.717) is 6.42 Å². The summed E-state index contributed by atoms with van der Waals surface area (Å²) in [6.07, 6.45) is 11.9.